The molecule has 84 valence electrons. The Labute approximate surface area is 90.7 Å². The summed E-state index contributed by atoms with van der Waals surface area (Å²) >= 11 is 0. The van der Waals surface area contributed by atoms with E-state index in [4.69, 9.17) is 9.84 Å². The number of aromatic amines is 1. The van der Waals surface area contributed by atoms with E-state index in [1.807, 2.05) is 0 Å². The molecule has 16 heavy (non-hydrogen) atoms. The number of halogens is 1. The first-order valence-corrected chi connectivity index (χ1v) is 4.67. The number of hydrogen-bond acceptors (Lipinski definition) is 2. The summed E-state index contributed by atoms with van der Waals surface area (Å²) < 4.78 is 18.6. The van der Waals surface area contributed by atoms with Crippen LogP contribution in [-0.2, 0) is 11.2 Å². The number of carbonyl (C=O) groups is 1. The lowest BCUT2D eigenvalue weighted by molar-refractivity contribution is -0.136. The first-order valence-electron chi connectivity index (χ1n) is 4.67. The van der Waals surface area contributed by atoms with E-state index < -0.39 is 11.8 Å². The minimum atomic E-state index is -0.990. The van der Waals surface area contributed by atoms with Crippen molar-refractivity contribution in [2.75, 3.05) is 7.11 Å². The minimum Gasteiger partial charge on any atom is -0.497 e. The molecular weight excluding hydrogens is 213 g/mol. The second-order valence-corrected chi connectivity index (χ2v) is 3.42. The van der Waals surface area contributed by atoms with Crippen LogP contribution in [0.2, 0.25) is 0 Å². The second-order valence-electron chi connectivity index (χ2n) is 3.42. The molecule has 0 fully saturated rings. The summed E-state index contributed by atoms with van der Waals surface area (Å²) in [5.74, 6) is -1.07. The van der Waals surface area contributed by atoms with Gasteiger partial charge in [0.25, 0.3) is 0 Å². The van der Waals surface area contributed by atoms with Crippen LogP contribution in [-0.4, -0.2) is 23.2 Å². The molecule has 4 nitrogen and oxygen atoms in total. The van der Waals surface area contributed by atoms with Gasteiger partial charge < -0.3 is 14.8 Å². The van der Waals surface area contributed by atoms with Crippen LogP contribution in [0.3, 0.4) is 0 Å². The Morgan fingerprint density at radius 2 is 2.31 bits per heavy atom. The van der Waals surface area contributed by atoms with Gasteiger partial charge in [0, 0.05) is 23.7 Å². The maximum atomic E-state index is 13.7. The van der Waals surface area contributed by atoms with Crippen molar-refractivity contribution in [1.82, 2.24) is 4.98 Å². The van der Waals surface area contributed by atoms with Crippen molar-refractivity contribution in [3.05, 3.63) is 29.7 Å². The third-order valence-corrected chi connectivity index (χ3v) is 2.36. The number of rotatable bonds is 3. The largest absolute Gasteiger partial charge is 0.497 e. The van der Waals surface area contributed by atoms with Gasteiger partial charge >= 0.3 is 5.97 Å². The third-order valence-electron chi connectivity index (χ3n) is 2.36. The predicted octanol–water partition coefficient (Wildman–Crippen LogP) is 1.94. The number of H-pyrrole nitrogens is 1. The smallest absolute Gasteiger partial charge is 0.307 e. The van der Waals surface area contributed by atoms with Crippen molar-refractivity contribution in [3.63, 3.8) is 0 Å². The monoisotopic (exact) mass is 223 g/mol. The predicted molar refractivity (Wildman–Crippen MR) is 56.1 cm³/mol. The molecule has 0 saturated carbocycles. The topological polar surface area (TPSA) is 62.3 Å². The SMILES string of the molecule is COc1cc(F)c2c(CC(=O)O)c[nH]c2c1. The van der Waals surface area contributed by atoms with E-state index in [1.54, 1.807) is 6.07 Å². The first kappa shape index (κ1) is 10.5. The molecule has 1 aromatic carbocycles. The summed E-state index contributed by atoms with van der Waals surface area (Å²) in [6.07, 6.45) is 1.30. The Hall–Kier alpha value is -2.04. The Balaban J connectivity index is 2.59. The number of carboxylic acid groups (broad SMARTS) is 1. The van der Waals surface area contributed by atoms with E-state index in [0.717, 1.165) is 0 Å². The molecule has 0 spiro atoms. The highest BCUT2D eigenvalue weighted by Crippen LogP contribution is 2.26. The van der Waals surface area contributed by atoms with Gasteiger partial charge in [0.1, 0.15) is 11.6 Å². The van der Waals surface area contributed by atoms with Gasteiger partial charge in [-0.3, -0.25) is 4.79 Å². The van der Waals surface area contributed by atoms with E-state index in [1.165, 1.54) is 19.4 Å². The first-order chi connectivity index (χ1) is 7.61. The highest BCUT2D eigenvalue weighted by Gasteiger charge is 2.13. The third kappa shape index (κ3) is 1.71. The molecule has 0 saturated heterocycles. The van der Waals surface area contributed by atoms with Gasteiger partial charge in [-0.25, -0.2) is 4.39 Å². The number of ether oxygens (including phenoxy) is 1. The number of aliphatic carboxylic acids is 1. The van der Waals surface area contributed by atoms with Crippen LogP contribution < -0.4 is 4.74 Å². The molecule has 2 aromatic rings. The zero-order valence-electron chi connectivity index (χ0n) is 8.58. The molecule has 5 heteroatoms. The Morgan fingerprint density at radius 1 is 1.56 bits per heavy atom. The van der Waals surface area contributed by atoms with Crippen LogP contribution in [0.4, 0.5) is 4.39 Å². The summed E-state index contributed by atoms with van der Waals surface area (Å²) in [6.45, 7) is 0. The summed E-state index contributed by atoms with van der Waals surface area (Å²) in [7, 11) is 1.45. The van der Waals surface area contributed by atoms with E-state index in [0.29, 0.717) is 22.2 Å². The van der Waals surface area contributed by atoms with Crippen LogP contribution in [0.5, 0.6) is 5.75 Å². The van der Waals surface area contributed by atoms with Gasteiger partial charge in [-0.05, 0) is 5.56 Å². The molecule has 0 aliphatic carbocycles. The van der Waals surface area contributed by atoms with Crippen LogP contribution >= 0.6 is 0 Å². The average molecular weight is 223 g/mol. The van der Waals surface area contributed by atoms with E-state index in [2.05, 4.69) is 4.98 Å². The fourth-order valence-electron chi connectivity index (χ4n) is 1.68. The lowest BCUT2D eigenvalue weighted by atomic mass is 10.1. The van der Waals surface area contributed by atoms with Crippen LogP contribution in [0.15, 0.2) is 18.3 Å². The molecule has 1 heterocycles. The van der Waals surface area contributed by atoms with Gasteiger partial charge in [-0.1, -0.05) is 0 Å². The van der Waals surface area contributed by atoms with Crippen LogP contribution in [0, 0.1) is 5.82 Å². The molecule has 0 radical (unpaired) electrons. The molecule has 0 bridgehead atoms. The summed E-state index contributed by atoms with van der Waals surface area (Å²) in [4.78, 5) is 13.4. The number of fused-ring (bicyclic) bond motifs is 1. The van der Waals surface area contributed by atoms with E-state index in [9.17, 15) is 9.18 Å². The van der Waals surface area contributed by atoms with Crippen molar-refractivity contribution in [1.29, 1.82) is 0 Å². The molecule has 0 atom stereocenters. The molecule has 2 N–H and O–H groups in total. The molecule has 0 amide bonds. The maximum absolute atomic E-state index is 13.7. The van der Waals surface area contributed by atoms with Crippen molar-refractivity contribution in [2.24, 2.45) is 0 Å². The van der Waals surface area contributed by atoms with Crippen LogP contribution in [0.1, 0.15) is 5.56 Å². The number of hydrogen-bond donors (Lipinski definition) is 2. The van der Waals surface area contributed by atoms with Gasteiger partial charge in [0.05, 0.1) is 19.0 Å². The fourth-order valence-corrected chi connectivity index (χ4v) is 1.68. The summed E-state index contributed by atoms with van der Waals surface area (Å²) in [5.41, 5.74) is 0.968. The minimum absolute atomic E-state index is 0.205. The highest BCUT2D eigenvalue weighted by atomic mass is 19.1. The lowest BCUT2D eigenvalue weighted by Crippen LogP contribution is -1.99. The fraction of sp³-hybridized carbons (Fsp3) is 0.182. The van der Waals surface area contributed by atoms with Crippen molar-refractivity contribution in [2.45, 2.75) is 6.42 Å². The summed E-state index contributed by atoms with van der Waals surface area (Å²) in [6, 6.07) is 2.87. The van der Waals surface area contributed by atoms with Gasteiger partial charge in [-0.15, -0.1) is 0 Å². The molecule has 0 unspecified atom stereocenters. The Kier molecular flexibility index (Phi) is 2.52. The normalized spacial score (nSPS) is 10.6. The molecule has 2 rings (SSSR count). The van der Waals surface area contributed by atoms with Gasteiger partial charge in [-0.2, -0.15) is 0 Å². The van der Waals surface area contributed by atoms with Crippen LogP contribution in [0.25, 0.3) is 10.9 Å². The molecular formula is C11H10FNO3. The van der Waals surface area contributed by atoms with Gasteiger partial charge in [0.15, 0.2) is 0 Å². The van der Waals surface area contributed by atoms with E-state index >= 15 is 0 Å². The zero-order chi connectivity index (χ0) is 11.7. The Morgan fingerprint density at radius 3 is 2.94 bits per heavy atom. The standard InChI is InChI=1S/C11H10FNO3/c1-16-7-3-8(12)11-6(2-10(14)15)5-13-9(11)4-7/h3-5,13H,2H2,1H3,(H,14,15). The highest BCUT2D eigenvalue weighted by molar-refractivity contribution is 5.88. The number of carboxylic acids is 1. The number of aromatic nitrogens is 1. The second kappa shape index (κ2) is 3.84. The lowest BCUT2D eigenvalue weighted by Gasteiger charge is -2.01. The average Bonchev–Trinajstić information content (AvgIpc) is 2.60. The summed E-state index contributed by atoms with van der Waals surface area (Å²) in [5, 5.41) is 8.98. The zero-order valence-corrected chi connectivity index (χ0v) is 8.58. The van der Waals surface area contributed by atoms with Crippen molar-refractivity contribution < 1.29 is 19.0 Å². The molecule has 0 aliphatic rings. The van der Waals surface area contributed by atoms with E-state index in [-0.39, 0.29) is 6.42 Å². The van der Waals surface area contributed by atoms with Gasteiger partial charge in [0.2, 0.25) is 0 Å². The molecule has 1 aromatic heterocycles. The van der Waals surface area contributed by atoms with Crippen molar-refractivity contribution >= 4 is 16.9 Å². The number of nitrogens with one attached hydrogen (secondary N) is 1. The number of methoxy groups -OCH3 is 1. The number of benzene rings is 1. The van der Waals surface area contributed by atoms with Crippen molar-refractivity contribution in [3.8, 4) is 5.75 Å². The Bertz CT molecular complexity index is 547. The quantitative estimate of drug-likeness (QED) is 0.835. The molecule has 0 aliphatic heterocycles. The maximum Gasteiger partial charge on any atom is 0.307 e.